The van der Waals surface area contributed by atoms with Crippen molar-refractivity contribution >= 4 is 27.7 Å². The first-order chi connectivity index (χ1) is 14.1. The number of carbonyl (C=O) groups excluding carboxylic acids is 2. The molecule has 1 heterocycles. The number of benzene rings is 1. The predicted octanol–water partition coefficient (Wildman–Crippen LogP) is 4.75. The number of rotatable bonds is 4. The number of nitrogens with zero attached hydrogens (tertiary/aromatic N) is 1. The summed E-state index contributed by atoms with van der Waals surface area (Å²) in [5.74, 6) is -1.56. The van der Waals surface area contributed by atoms with Crippen molar-refractivity contribution in [3.63, 3.8) is 0 Å². The third kappa shape index (κ3) is 5.28. The highest BCUT2D eigenvalue weighted by Gasteiger charge is 2.46. The van der Waals surface area contributed by atoms with Crippen LogP contribution in [0.15, 0.2) is 22.7 Å². The lowest BCUT2D eigenvalue weighted by molar-refractivity contribution is -0.172. The second-order valence-electron chi connectivity index (χ2n) is 8.29. The number of alkyl halides is 3. The zero-order valence-electron chi connectivity index (χ0n) is 17.0. The quantitative estimate of drug-likeness (QED) is 0.662. The molecule has 2 amide bonds. The van der Waals surface area contributed by atoms with Crippen LogP contribution in [0.4, 0.5) is 13.2 Å². The van der Waals surface area contributed by atoms with Crippen molar-refractivity contribution in [2.24, 2.45) is 5.92 Å². The molecule has 1 fully saturated rings. The molecule has 0 spiro atoms. The maximum atomic E-state index is 13.4. The minimum Gasteiger partial charge on any atom is -0.480 e. The summed E-state index contributed by atoms with van der Waals surface area (Å²) < 4.78 is 46.8. The van der Waals surface area contributed by atoms with E-state index in [0.717, 1.165) is 32.1 Å². The molecule has 0 aromatic heterocycles. The zero-order chi connectivity index (χ0) is 22.1. The molecule has 1 aliphatic carbocycles. The molecule has 2 aliphatic rings. The Labute approximate surface area is 182 Å². The molecule has 166 valence electrons. The average Bonchev–Trinajstić information content (AvgIpc) is 2.76. The molecule has 0 radical (unpaired) electrons. The molecule has 1 saturated carbocycles. The minimum absolute atomic E-state index is 0.102. The first-order valence-electron chi connectivity index (χ1n) is 10.2. The first kappa shape index (κ1) is 22.9. The van der Waals surface area contributed by atoms with Crippen LogP contribution in [0.5, 0.6) is 5.75 Å². The van der Waals surface area contributed by atoms with Crippen LogP contribution in [0.2, 0.25) is 0 Å². The third-order valence-electron chi connectivity index (χ3n) is 5.51. The van der Waals surface area contributed by atoms with Gasteiger partial charge < -0.3 is 15.0 Å². The van der Waals surface area contributed by atoms with Gasteiger partial charge in [0.25, 0.3) is 5.91 Å². The topological polar surface area (TPSA) is 58.6 Å². The Bertz CT molecular complexity index is 794. The summed E-state index contributed by atoms with van der Waals surface area (Å²) in [4.78, 5) is 27.0. The fourth-order valence-electron chi connectivity index (χ4n) is 4.08. The van der Waals surface area contributed by atoms with Crippen LogP contribution in [0.1, 0.15) is 57.6 Å². The van der Waals surface area contributed by atoms with Crippen LogP contribution in [0.25, 0.3) is 0 Å². The number of carbonyl (C=O) groups is 2. The van der Waals surface area contributed by atoms with Crippen molar-refractivity contribution in [2.75, 3.05) is 6.54 Å². The third-order valence-corrected chi connectivity index (χ3v) is 6.01. The van der Waals surface area contributed by atoms with Crippen LogP contribution >= 0.6 is 15.9 Å². The lowest BCUT2D eigenvalue weighted by atomic mass is 9.94. The number of fused-ring (bicyclic) bond motifs is 1. The van der Waals surface area contributed by atoms with Gasteiger partial charge in [0.1, 0.15) is 18.3 Å². The highest BCUT2D eigenvalue weighted by Crippen LogP contribution is 2.39. The number of nitrogens with one attached hydrogen (secondary N) is 1. The Morgan fingerprint density at radius 2 is 1.93 bits per heavy atom. The second kappa shape index (κ2) is 9.16. The van der Waals surface area contributed by atoms with E-state index in [9.17, 15) is 22.8 Å². The van der Waals surface area contributed by atoms with E-state index in [1.807, 2.05) is 0 Å². The molecule has 0 bridgehead atoms. The highest BCUT2D eigenvalue weighted by atomic mass is 79.9. The first-order valence-corrected chi connectivity index (χ1v) is 11.0. The summed E-state index contributed by atoms with van der Waals surface area (Å²) in [5.41, 5.74) is 0.249. The molecule has 3 rings (SSSR count). The summed E-state index contributed by atoms with van der Waals surface area (Å²) >= 11 is 3.32. The lowest BCUT2D eigenvalue weighted by Crippen LogP contribution is -2.52. The standard InChI is InChI=1S/C21H26BrF3N2O3/c1-12(2)18-20(29)27(11-21(23,24)25)17(15-10-13(22)8-9-16(15)30-18)19(28)26-14-6-4-3-5-7-14/h8-10,12,14,17-18H,3-7,11H2,1-2H3,(H,26,28). The second-order valence-corrected chi connectivity index (χ2v) is 9.21. The number of hydrogen-bond acceptors (Lipinski definition) is 3. The van der Waals surface area contributed by atoms with Crippen molar-refractivity contribution in [2.45, 2.75) is 70.3 Å². The van der Waals surface area contributed by atoms with Gasteiger partial charge in [-0.2, -0.15) is 13.2 Å². The number of hydrogen-bond donors (Lipinski definition) is 1. The normalized spacial score (nSPS) is 23.0. The van der Waals surface area contributed by atoms with Crippen LogP contribution in [0, 0.1) is 5.92 Å². The maximum absolute atomic E-state index is 13.4. The van der Waals surface area contributed by atoms with E-state index in [-0.39, 0.29) is 23.3 Å². The van der Waals surface area contributed by atoms with Crippen molar-refractivity contribution < 1.29 is 27.5 Å². The number of amides is 2. The summed E-state index contributed by atoms with van der Waals surface area (Å²) in [6.07, 6.45) is -1.21. The van der Waals surface area contributed by atoms with Gasteiger partial charge in [0.15, 0.2) is 6.10 Å². The molecule has 1 aromatic carbocycles. The molecule has 5 nitrogen and oxygen atoms in total. The molecule has 9 heteroatoms. The van der Waals surface area contributed by atoms with Gasteiger partial charge in [-0.15, -0.1) is 0 Å². The smallest absolute Gasteiger partial charge is 0.406 e. The van der Waals surface area contributed by atoms with Crippen molar-refractivity contribution in [1.29, 1.82) is 0 Å². The zero-order valence-corrected chi connectivity index (χ0v) is 18.6. The summed E-state index contributed by atoms with van der Waals surface area (Å²) in [6, 6.07) is 3.29. The Balaban J connectivity index is 2.06. The van der Waals surface area contributed by atoms with Crippen molar-refractivity contribution in [3.05, 3.63) is 28.2 Å². The number of ether oxygens (including phenoxy) is 1. The largest absolute Gasteiger partial charge is 0.480 e. The summed E-state index contributed by atoms with van der Waals surface area (Å²) in [7, 11) is 0. The molecule has 1 aliphatic heterocycles. The molecular weight excluding hydrogens is 465 g/mol. The molecule has 1 aromatic rings. The Kier molecular flexibility index (Phi) is 6.99. The predicted molar refractivity (Wildman–Crippen MR) is 109 cm³/mol. The highest BCUT2D eigenvalue weighted by molar-refractivity contribution is 9.10. The van der Waals surface area contributed by atoms with E-state index in [0.29, 0.717) is 9.37 Å². The molecule has 30 heavy (non-hydrogen) atoms. The molecule has 2 atom stereocenters. The Morgan fingerprint density at radius 1 is 1.27 bits per heavy atom. The van der Waals surface area contributed by atoms with Gasteiger partial charge in [-0.25, -0.2) is 0 Å². The lowest BCUT2D eigenvalue weighted by Gasteiger charge is -2.33. The molecule has 2 unspecified atom stereocenters. The van der Waals surface area contributed by atoms with Gasteiger partial charge >= 0.3 is 6.18 Å². The van der Waals surface area contributed by atoms with Gasteiger partial charge in [-0.05, 0) is 37.0 Å². The van der Waals surface area contributed by atoms with Gasteiger partial charge in [-0.1, -0.05) is 49.0 Å². The Hall–Kier alpha value is -1.77. The fraction of sp³-hybridized carbons (Fsp3) is 0.619. The van der Waals surface area contributed by atoms with E-state index >= 15 is 0 Å². The summed E-state index contributed by atoms with van der Waals surface area (Å²) in [6.45, 7) is 1.89. The average molecular weight is 491 g/mol. The fourth-order valence-corrected chi connectivity index (χ4v) is 4.46. The van der Waals surface area contributed by atoms with Crippen LogP contribution in [-0.4, -0.2) is 41.6 Å². The maximum Gasteiger partial charge on any atom is 0.406 e. The van der Waals surface area contributed by atoms with E-state index in [1.54, 1.807) is 32.0 Å². The SMILES string of the molecule is CC(C)C1Oc2ccc(Br)cc2C(C(=O)NC2CCCCC2)N(CC(F)(F)F)C1=O. The van der Waals surface area contributed by atoms with Crippen LogP contribution in [-0.2, 0) is 9.59 Å². The monoisotopic (exact) mass is 490 g/mol. The van der Waals surface area contributed by atoms with Gasteiger partial charge in [0.05, 0.1) is 0 Å². The van der Waals surface area contributed by atoms with Gasteiger partial charge in [0.2, 0.25) is 5.91 Å². The minimum atomic E-state index is -4.66. The molecule has 1 N–H and O–H groups in total. The summed E-state index contributed by atoms with van der Waals surface area (Å²) in [5, 5.41) is 2.89. The van der Waals surface area contributed by atoms with Crippen molar-refractivity contribution in [1.82, 2.24) is 10.2 Å². The van der Waals surface area contributed by atoms with E-state index in [4.69, 9.17) is 4.74 Å². The van der Waals surface area contributed by atoms with Gasteiger partial charge in [0, 0.05) is 16.1 Å². The van der Waals surface area contributed by atoms with E-state index in [1.165, 1.54) is 0 Å². The van der Waals surface area contributed by atoms with Crippen molar-refractivity contribution in [3.8, 4) is 5.75 Å². The Morgan fingerprint density at radius 3 is 2.53 bits per heavy atom. The van der Waals surface area contributed by atoms with E-state index in [2.05, 4.69) is 21.2 Å². The molecule has 0 saturated heterocycles. The number of halogens is 4. The van der Waals surface area contributed by atoms with E-state index < -0.39 is 36.7 Å². The van der Waals surface area contributed by atoms with Crippen LogP contribution in [0.3, 0.4) is 0 Å². The molecular formula is C21H26BrF3N2O3. The van der Waals surface area contributed by atoms with Crippen LogP contribution < -0.4 is 10.1 Å². The van der Waals surface area contributed by atoms with Gasteiger partial charge in [-0.3, -0.25) is 9.59 Å².